The van der Waals surface area contributed by atoms with Gasteiger partial charge in [-0.05, 0) is 49.5 Å². The standard InChI is InChI=1S/C16H16BrN3O2S/c1-10(14-7-6-13(22-2)9-15(14)21)19-20-16(23)18-12-5-3-4-11(17)8-12/h3-9,21H,1-2H3,(H2,18,20,23)/b19-10+. The summed E-state index contributed by atoms with van der Waals surface area (Å²) in [4.78, 5) is 0. The number of nitrogens with one attached hydrogen (secondary N) is 2. The van der Waals surface area contributed by atoms with Crippen LogP contribution in [0.2, 0.25) is 0 Å². The number of phenols is 1. The quantitative estimate of drug-likeness (QED) is 0.417. The van der Waals surface area contributed by atoms with Gasteiger partial charge in [0.05, 0.1) is 12.8 Å². The van der Waals surface area contributed by atoms with Crippen LogP contribution in [0.25, 0.3) is 0 Å². The fourth-order valence-electron chi connectivity index (χ4n) is 1.86. The van der Waals surface area contributed by atoms with Crippen molar-refractivity contribution in [1.29, 1.82) is 0 Å². The summed E-state index contributed by atoms with van der Waals surface area (Å²) in [6, 6.07) is 12.7. The fraction of sp³-hybridized carbons (Fsp3) is 0.125. The maximum absolute atomic E-state index is 9.98. The van der Waals surface area contributed by atoms with Gasteiger partial charge in [0.15, 0.2) is 5.11 Å². The normalized spacial score (nSPS) is 11.0. The van der Waals surface area contributed by atoms with Gasteiger partial charge in [-0.15, -0.1) is 0 Å². The van der Waals surface area contributed by atoms with Crippen LogP contribution in [-0.2, 0) is 0 Å². The molecule has 0 unspecified atom stereocenters. The SMILES string of the molecule is COc1ccc(/C(C)=N/NC(=S)Nc2cccc(Br)c2)c(O)c1. The van der Waals surface area contributed by atoms with E-state index in [0.717, 1.165) is 10.2 Å². The van der Waals surface area contributed by atoms with E-state index in [-0.39, 0.29) is 5.75 Å². The molecule has 0 aliphatic rings. The van der Waals surface area contributed by atoms with E-state index in [4.69, 9.17) is 17.0 Å². The number of ether oxygens (including phenoxy) is 1. The molecule has 0 atom stereocenters. The van der Waals surface area contributed by atoms with Crippen molar-refractivity contribution in [2.75, 3.05) is 12.4 Å². The number of nitrogens with zero attached hydrogens (tertiary/aromatic N) is 1. The molecule has 7 heteroatoms. The lowest BCUT2D eigenvalue weighted by Crippen LogP contribution is -2.24. The third kappa shape index (κ3) is 4.94. The summed E-state index contributed by atoms with van der Waals surface area (Å²) >= 11 is 8.59. The van der Waals surface area contributed by atoms with Gasteiger partial charge < -0.3 is 15.2 Å². The van der Waals surface area contributed by atoms with Gasteiger partial charge in [0.2, 0.25) is 0 Å². The molecule has 0 saturated carbocycles. The smallest absolute Gasteiger partial charge is 0.191 e. The molecule has 0 heterocycles. The number of anilines is 1. The summed E-state index contributed by atoms with van der Waals surface area (Å²) in [7, 11) is 1.54. The van der Waals surface area contributed by atoms with Gasteiger partial charge in [0.25, 0.3) is 0 Å². The Labute approximate surface area is 148 Å². The van der Waals surface area contributed by atoms with E-state index in [9.17, 15) is 5.11 Å². The van der Waals surface area contributed by atoms with Gasteiger partial charge in [-0.3, -0.25) is 5.43 Å². The molecule has 0 saturated heterocycles. The second-order valence-corrected chi connectivity index (χ2v) is 5.98. The molecule has 0 aliphatic carbocycles. The maximum atomic E-state index is 9.98. The van der Waals surface area contributed by atoms with Gasteiger partial charge in [-0.25, -0.2) is 0 Å². The van der Waals surface area contributed by atoms with Crippen molar-refractivity contribution in [3.05, 3.63) is 52.5 Å². The number of aromatic hydroxyl groups is 1. The second-order valence-electron chi connectivity index (χ2n) is 4.66. The average molecular weight is 394 g/mol. The topological polar surface area (TPSA) is 65.9 Å². The lowest BCUT2D eigenvalue weighted by Gasteiger charge is -2.09. The number of hydrazone groups is 1. The van der Waals surface area contributed by atoms with Crippen LogP contribution in [0, 0.1) is 0 Å². The summed E-state index contributed by atoms with van der Waals surface area (Å²) in [6.45, 7) is 1.77. The Bertz CT molecular complexity index is 750. The predicted molar refractivity (Wildman–Crippen MR) is 100 cm³/mol. The van der Waals surface area contributed by atoms with Crippen molar-refractivity contribution in [1.82, 2.24) is 5.43 Å². The third-order valence-corrected chi connectivity index (χ3v) is 3.69. The number of thiocarbonyl (C=S) groups is 1. The van der Waals surface area contributed by atoms with Crippen LogP contribution in [0.3, 0.4) is 0 Å². The zero-order valence-corrected chi connectivity index (χ0v) is 15.0. The highest BCUT2D eigenvalue weighted by molar-refractivity contribution is 9.10. The largest absolute Gasteiger partial charge is 0.507 e. The molecular formula is C16H16BrN3O2S. The number of halogens is 1. The van der Waals surface area contributed by atoms with Crippen LogP contribution in [-0.4, -0.2) is 23.0 Å². The third-order valence-electron chi connectivity index (χ3n) is 3.00. The zero-order chi connectivity index (χ0) is 16.8. The molecule has 0 fully saturated rings. The van der Waals surface area contributed by atoms with E-state index < -0.39 is 0 Å². The van der Waals surface area contributed by atoms with Crippen molar-refractivity contribution in [3.8, 4) is 11.5 Å². The first kappa shape index (κ1) is 17.2. The molecule has 23 heavy (non-hydrogen) atoms. The molecule has 2 aromatic carbocycles. The number of phenolic OH excluding ortho intramolecular Hbond substituents is 1. The van der Waals surface area contributed by atoms with Gasteiger partial charge in [0.1, 0.15) is 11.5 Å². The van der Waals surface area contributed by atoms with Crippen LogP contribution in [0.1, 0.15) is 12.5 Å². The van der Waals surface area contributed by atoms with Gasteiger partial charge in [-0.2, -0.15) is 5.10 Å². The van der Waals surface area contributed by atoms with Gasteiger partial charge in [-0.1, -0.05) is 22.0 Å². The molecule has 0 aliphatic heterocycles. The van der Waals surface area contributed by atoms with Crippen molar-refractivity contribution in [2.45, 2.75) is 6.92 Å². The van der Waals surface area contributed by atoms with Crippen LogP contribution < -0.4 is 15.5 Å². The highest BCUT2D eigenvalue weighted by Crippen LogP contribution is 2.23. The van der Waals surface area contributed by atoms with Gasteiger partial charge in [0, 0.05) is 21.8 Å². The van der Waals surface area contributed by atoms with Crippen molar-refractivity contribution in [2.24, 2.45) is 5.10 Å². The zero-order valence-electron chi connectivity index (χ0n) is 12.6. The molecule has 0 radical (unpaired) electrons. The number of hydrogen-bond donors (Lipinski definition) is 3. The Kier molecular flexibility index (Phi) is 5.95. The Morgan fingerprint density at radius 2 is 2.04 bits per heavy atom. The van der Waals surface area contributed by atoms with Crippen molar-refractivity contribution < 1.29 is 9.84 Å². The molecule has 0 amide bonds. The molecule has 0 bridgehead atoms. The Morgan fingerprint density at radius 1 is 1.26 bits per heavy atom. The van der Waals surface area contributed by atoms with Crippen LogP contribution in [0.15, 0.2) is 52.0 Å². The summed E-state index contributed by atoms with van der Waals surface area (Å²) < 4.78 is 6.01. The molecular weight excluding hydrogens is 378 g/mol. The van der Waals surface area contributed by atoms with Crippen LogP contribution in [0.4, 0.5) is 5.69 Å². The van der Waals surface area contributed by atoms with Crippen LogP contribution in [0.5, 0.6) is 11.5 Å². The van der Waals surface area contributed by atoms with E-state index in [0.29, 0.717) is 22.1 Å². The fourth-order valence-corrected chi connectivity index (χ4v) is 2.43. The summed E-state index contributed by atoms with van der Waals surface area (Å²) in [5, 5.41) is 17.5. The minimum absolute atomic E-state index is 0.0956. The van der Waals surface area contributed by atoms with E-state index in [1.807, 2.05) is 24.3 Å². The molecule has 5 nitrogen and oxygen atoms in total. The molecule has 3 N–H and O–H groups in total. The Balaban J connectivity index is 2.03. The molecule has 0 aromatic heterocycles. The average Bonchev–Trinajstić information content (AvgIpc) is 2.52. The van der Waals surface area contributed by atoms with E-state index in [2.05, 4.69) is 31.8 Å². The molecule has 120 valence electrons. The Morgan fingerprint density at radius 3 is 2.70 bits per heavy atom. The van der Waals surface area contributed by atoms with Gasteiger partial charge >= 0.3 is 0 Å². The monoisotopic (exact) mass is 393 g/mol. The second kappa shape index (κ2) is 7.94. The lowest BCUT2D eigenvalue weighted by atomic mass is 10.1. The molecule has 0 spiro atoms. The highest BCUT2D eigenvalue weighted by atomic mass is 79.9. The first-order valence-electron chi connectivity index (χ1n) is 6.74. The van der Waals surface area contributed by atoms with E-state index >= 15 is 0 Å². The summed E-state index contributed by atoms with van der Waals surface area (Å²) in [6.07, 6.45) is 0. The number of rotatable bonds is 4. The molecule has 2 rings (SSSR count). The predicted octanol–water partition coefficient (Wildman–Crippen LogP) is 3.87. The molecule has 2 aromatic rings. The highest BCUT2D eigenvalue weighted by Gasteiger charge is 2.06. The Hall–Kier alpha value is -2.12. The number of benzene rings is 2. The minimum atomic E-state index is 0.0956. The lowest BCUT2D eigenvalue weighted by molar-refractivity contribution is 0.407. The maximum Gasteiger partial charge on any atom is 0.191 e. The van der Waals surface area contributed by atoms with Crippen molar-refractivity contribution in [3.63, 3.8) is 0 Å². The van der Waals surface area contributed by atoms with E-state index in [1.165, 1.54) is 6.07 Å². The number of methoxy groups -OCH3 is 1. The first-order valence-corrected chi connectivity index (χ1v) is 7.94. The van der Waals surface area contributed by atoms with Crippen LogP contribution >= 0.6 is 28.1 Å². The summed E-state index contributed by atoms with van der Waals surface area (Å²) in [5.41, 5.74) is 4.80. The first-order chi connectivity index (χ1) is 11.0. The van der Waals surface area contributed by atoms with E-state index in [1.54, 1.807) is 26.2 Å². The minimum Gasteiger partial charge on any atom is -0.507 e. The number of hydrogen-bond acceptors (Lipinski definition) is 4. The summed E-state index contributed by atoms with van der Waals surface area (Å²) in [5.74, 6) is 0.678. The van der Waals surface area contributed by atoms with Crippen molar-refractivity contribution >= 4 is 44.7 Å².